The Morgan fingerprint density at radius 1 is 1.23 bits per heavy atom. The second kappa shape index (κ2) is 7.04. The fourth-order valence-corrected chi connectivity index (χ4v) is 3.84. The third-order valence-corrected chi connectivity index (χ3v) is 5.16. The van der Waals surface area contributed by atoms with Crippen molar-refractivity contribution < 1.29 is 22.8 Å². The fourth-order valence-electron chi connectivity index (χ4n) is 2.37. The van der Waals surface area contributed by atoms with Crippen molar-refractivity contribution in [3.05, 3.63) is 24.3 Å². The van der Waals surface area contributed by atoms with Crippen LogP contribution in [0.3, 0.4) is 0 Å². The van der Waals surface area contributed by atoms with Gasteiger partial charge in [-0.1, -0.05) is 6.07 Å². The van der Waals surface area contributed by atoms with Crippen molar-refractivity contribution in [1.82, 2.24) is 14.5 Å². The number of hydrogen-bond acceptors (Lipinski definition) is 5. The van der Waals surface area contributed by atoms with E-state index in [-0.39, 0.29) is 17.1 Å². The zero-order valence-corrected chi connectivity index (χ0v) is 15.9. The lowest BCUT2D eigenvalue weighted by Gasteiger charge is -2.20. The zero-order chi connectivity index (χ0) is 19.7. The van der Waals surface area contributed by atoms with Gasteiger partial charge in [0, 0.05) is 18.3 Å². The van der Waals surface area contributed by atoms with E-state index in [1.165, 1.54) is 36.2 Å². The van der Waals surface area contributed by atoms with Crippen LogP contribution in [-0.4, -0.2) is 61.7 Å². The third-order valence-electron chi connectivity index (χ3n) is 3.40. The molecule has 1 aromatic rings. The van der Waals surface area contributed by atoms with Crippen LogP contribution in [-0.2, 0) is 19.6 Å². The highest BCUT2D eigenvalue weighted by Crippen LogP contribution is 2.18. The second-order valence-corrected chi connectivity index (χ2v) is 8.73. The van der Waals surface area contributed by atoms with Gasteiger partial charge in [-0.05, 0) is 39.0 Å². The van der Waals surface area contributed by atoms with E-state index in [0.717, 1.165) is 4.90 Å². The molecule has 4 amide bonds. The van der Waals surface area contributed by atoms with Gasteiger partial charge < -0.3 is 10.2 Å². The van der Waals surface area contributed by atoms with Gasteiger partial charge in [-0.25, -0.2) is 17.9 Å². The summed E-state index contributed by atoms with van der Waals surface area (Å²) in [7, 11) is -2.28. The molecule has 0 saturated carbocycles. The van der Waals surface area contributed by atoms with Crippen molar-refractivity contribution in [2.24, 2.45) is 0 Å². The van der Waals surface area contributed by atoms with E-state index in [1.807, 2.05) is 0 Å². The van der Waals surface area contributed by atoms with E-state index >= 15 is 0 Å². The van der Waals surface area contributed by atoms with Crippen LogP contribution in [0.5, 0.6) is 0 Å². The summed E-state index contributed by atoms with van der Waals surface area (Å²) in [6.07, 6.45) is 0. The molecule has 1 aliphatic rings. The van der Waals surface area contributed by atoms with Gasteiger partial charge >= 0.3 is 6.03 Å². The second-order valence-electron chi connectivity index (χ2n) is 7.05. The van der Waals surface area contributed by atoms with Crippen molar-refractivity contribution in [2.75, 3.05) is 25.5 Å². The van der Waals surface area contributed by atoms with Crippen molar-refractivity contribution in [1.29, 1.82) is 0 Å². The van der Waals surface area contributed by atoms with Crippen LogP contribution >= 0.6 is 0 Å². The lowest BCUT2D eigenvalue weighted by atomic mass is 10.1. The first kappa shape index (κ1) is 19.9. The van der Waals surface area contributed by atoms with E-state index in [2.05, 4.69) is 10.0 Å². The average molecular weight is 382 g/mol. The lowest BCUT2D eigenvalue weighted by molar-refractivity contribution is -0.129. The number of sulfonamides is 1. The van der Waals surface area contributed by atoms with Crippen LogP contribution in [0.2, 0.25) is 0 Å². The first-order valence-corrected chi connectivity index (χ1v) is 9.37. The van der Waals surface area contributed by atoms with Crippen molar-refractivity contribution in [3.8, 4) is 0 Å². The van der Waals surface area contributed by atoms with Gasteiger partial charge in [0.25, 0.3) is 5.91 Å². The molecule has 1 heterocycles. The average Bonchev–Trinajstić information content (AvgIpc) is 2.71. The molecule has 0 atom stereocenters. The van der Waals surface area contributed by atoms with Gasteiger partial charge in [-0.3, -0.25) is 14.5 Å². The normalized spacial score (nSPS) is 15.5. The number of anilines is 1. The minimum Gasteiger partial charge on any atom is -0.324 e. The summed E-state index contributed by atoms with van der Waals surface area (Å²) >= 11 is 0. The van der Waals surface area contributed by atoms with Gasteiger partial charge in [-0.15, -0.1) is 0 Å². The summed E-state index contributed by atoms with van der Waals surface area (Å²) in [6, 6.07) is 5.19. The number of benzene rings is 1. The van der Waals surface area contributed by atoms with E-state index in [9.17, 15) is 22.8 Å². The van der Waals surface area contributed by atoms with Crippen molar-refractivity contribution in [2.45, 2.75) is 31.2 Å². The highest BCUT2D eigenvalue weighted by molar-refractivity contribution is 7.89. The topological polar surface area (TPSA) is 116 Å². The molecule has 1 fully saturated rings. The van der Waals surface area contributed by atoms with E-state index in [1.54, 1.807) is 20.8 Å². The maximum absolute atomic E-state index is 12.4. The molecule has 2 rings (SSSR count). The number of nitrogens with zero attached hydrogens (tertiary/aromatic N) is 2. The maximum atomic E-state index is 12.4. The van der Waals surface area contributed by atoms with Crippen LogP contribution in [0.4, 0.5) is 10.5 Å². The van der Waals surface area contributed by atoms with Crippen LogP contribution in [0.25, 0.3) is 0 Å². The predicted molar refractivity (Wildman–Crippen MR) is 94.9 cm³/mol. The standard InChI is InChI=1S/C16H22N4O5S/c1-16(2,3)18-26(24,25)12-7-5-6-11(8-12)17-13(21)9-20-14(22)10-19(4)15(20)23/h5-8,18H,9-10H2,1-4H3,(H,17,21). The molecule has 1 aliphatic heterocycles. The number of carbonyl (C=O) groups excluding carboxylic acids is 3. The number of likely N-dealkylation sites (N-methyl/N-ethyl adjacent to an activating group) is 1. The Balaban J connectivity index is 2.10. The Hall–Kier alpha value is -2.46. The molecule has 1 saturated heterocycles. The third kappa shape index (κ3) is 4.79. The Labute approximate surface area is 152 Å². The molecule has 142 valence electrons. The molecule has 0 aromatic heterocycles. The van der Waals surface area contributed by atoms with Crippen LogP contribution < -0.4 is 10.0 Å². The van der Waals surface area contributed by atoms with Gasteiger partial charge in [0.2, 0.25) is 15.9 Å². The smallest absolute Gasteiger partial charge is 0.324 e. The monoisotopic (exact) mass is 382 g/mol. The Kier molecular flexibility index (Phi) is 5.38. The number of imide groups is 1. The number of carbonyl (C=O) groups is 3. The molecule has 0 spiro atoms. The predicted octanol–water partition coefficient (Wildman–Crippen LogP) is 0.596. The summed E-state index contributed by atoms with van der Waals surface area (Å²) in [6.45, 7) is 4.66. The molecule has 1 aromatic carbocycles. The quantitative estimate of drug-likeness (QED) is 0.724. The molecule has 2 N–H and O–H groups in total. The Morgan fingerprint density at radius 3 is 2.42 bits per heavy atom. The number of amides is 4. The largest absolute Gasteiger partial charge is 0.327 e. The van der Waals surface area contributed by atoms with Crippen LogP contribution in [0.1, 0.15) is 20.8 Å². The molecule has 10 heteroatoms. The van der Waals surface area contributed by atoms with Crippen LogP contribution in [0, 0.1) is 0 Å². The number of nitrogens with one attached hydrogen (secondary N) is 2. The molecule has 9 nitrogen and oxygen atoms in total. The molecule has 0 bridgehead atoms. The van der Waals surface area contributed by atoms with Gasteiger partial charge in [-0.2, -0.15) is 0 Å². The molecular weight excluding hydrogens is 360 g/mol. The number of rotatable bonds is 5. The van der Waals surface area contributed by atoms with Crippen LogP contribution in [0.15, 0.2) is 29.2 Å². The van der Waals surface area contributed by atoms with Crippen molar-refractivity contribution >= 4 is 33.6 Å². The van der Waals surface area contributed by atoms with E-state index in [0.29, 0.717) is 0 Å². The summed E-state index contributed by atoms with van der Waals surface area (Å²) in [5.74, 6) is -1.06. The lowest BCUT2D eigenvalue weighted by Crippen LogP contribution is -2.40. The van der Waals surface area contributed by atoms with Crippen molar-refractivity contribution in [3.63, 3.8) is 0 Å². The molecular formula is C16H22N4O5S. The summed E-state index contributed by atoms with van der Waals surface area (Å²) in [4.78, 5) is 37.7. The Morgan fingerprint density at radius 2 is 1.88 bits per heavy atom. The first-order valence-electron chi connectivity index (χ1n) is 7.88. The van der Waals surface area contributed by atoms with Gasteiger partial charge in [0.15, 0.2) is 0 Å². The number of urea groups is 1. The van der Waals surface area contributed by atoms with E-state index < -0.39 is 40.0 Å². The minimum atomic E-state index is -3.75. The van der Waals surface area contributed by atoms with Gasteiger partial charge in [0.1, 0.15) is 13.1 Å². The Bertz CT molecular complexity index is 844. The summed E-state index contributed by atoms with van der Waals surface area (Å²) in [5, 5.41) is 2.50. The maximum Gasteiger partial charge on any atom is 0.327 e. The minimum absolute atomic E-state index is 0.00159. The molecule has 0 aliphatic carbocycles. The summed E-state index contributed by atoms with van der Waals surface area (Å²) < 4.78 is 27.2. The van der Waals surface area contributed by atoms with Gasteiger partial charge in [0.05, 0.1) is 4.90 Å². The fraction of sp³-hybridized carbons (Fsp3) is 0.438. The first-order chi connectivity index (χ1) is 11.9. The highest BCUT2D eigenvalue weighted by Gasteiger charge is 2.34. The summed E-state index contributed by atoms with van der Waals surface area (Å²) in [5.41, 5.74) is -0.403. The van der Waals surface area contributed by atoms with E-state index in [4.69, 9.17) is 0 Å². The molecule has 0 radical (unpaired) electrons. The molecule has 0 unspecified atom stereocenters. The highest BCUT2D eigenvalue weighted by atomic mass is 32.2. The number of hydrogen-bond donors (Lipinski definition) is 2. The zero-order valence-electron chi connectivity index (χ0n) is 15.1. The SMILES string of the molecule is CN1CC(=O)N(CC(=O)Nc2cccc(S(=O)(=O)NC(C)(C)C)c2)C1=O. The molecule has 26 heavy (non-hydrogen) atoms.